The Morgan fingerprint density at radius 3 is 1.70 bits per heavy atom. The van der Waals surface area contributed by atoms with Crippen LogP contribution in [-0.2, 0) is 60.8 Å². The maximum absolute atomic E-state index is 14.1. The molecule has 1 heterocycles. The van der Waals surface area contributed by atoms with E-state index in [0.29, 0.717) is 10.6 Å². The standard InChI is InChI=1S/C48H67ClN10O12/c1-25(2)17-35(56-43(65)32(50)19-28-11-13-30(49)14-12-28)44(66)53-22-38(60)52-23-39(61)55-34(15-16-41(63)64)46(68)57-36(18-26(3)4)47(69)58-37(20-29-21-51-33-10-8-7-9-31(29)33)45(67)54-24-40(62)59-42(27(5)6)48(70)71/h7-14,21,25-27,32,34-37,42,51H,15-20,22-24,50H2,1-6H3,(H,52,60)(H,53,66)(H,54,67)(H,55,61)(H,56,65)(H,57,68)(H,58,69)(H,59,62)(H,63,64)(H,70,71)/t32-,34-,35-,36-,37-,42-/m0/s1. The van der Waals surface area contributed by atoms with Gasteiger partial charge >= 0.3 is 11.9 Å². The Balaban J connectivity index is 1.68. The Bertz CT molecular complexity index is 2360. The highest BCUT2D eigenvalue weighted by molar-refractivity contribution is 6.30. The number of aliphatic carboxylic acids is 2. The van der Waals surface area contributed by atoms with E-state index in [4.69, 9.17) is 17.3 Å². The van der Waals surface area contributed by atoms with Gasteiger partial charge in [0.1, 0.15) is 30.2 Å². The molecule has 6 atom stereocenters. The van der Waals surface area contributed by atoms with Crippen LogP contribution in [0.25, 0.3) is 10.9 Å². The zero-order chi connectivity index (χ0) is 52.9. The number of carbonyl (C=O) groups excluding carboxylic acids is 8. The first-order chi connectivity index (χ1) is 33.4. The normalized spacial score (nSPS) is 13.7. The molecule has 0 aliphatic rings. The van der Waals surface area contributed by atoms with Crippen LogP contribution in [-0.4, -0.2) is 130 Å². The molecule has 0 radical (unpaired) electrons. The van der Waals surface area contributed by atoms with Gasteiger partial charge in [-0.1, -0.05) is 83.5 Å². The van der Waals surface area contributed by atoms with E-state index in [2.05, 4.69) is 47.5 Å². The molecule has 0 fully saturated rings. The molecule has 23 heteroatoms. The first-order valence-corrected chi connectivity index (χ1v) is 23.6. The summed E-state index contributed by atoms with van der Waals surface area (Å²) < 4.78 is 0. The number of aromatic amines is 1. The van der Waals surface area contributed by atoms with E-state index in [1.165, 1.54) is 0 Å². The number of benzene rings is 2. The summed E-state index contributed by atoms with van der Waals surface area (Å²) in [5, 5.41) is 40.0. The molecular formula is C48H67ClN10O12. The average Bonchev–Trinajstić information content (AvgIpc) is 3.71. The smallest absolute Gasteiger partial charge is 0.326 e. The number of nitrogens with one attached hydrogen (secondary N) is 9. The lowest BCUT2D eigenvalue weighted by Gasteiger charge is -2.26. The van der Waals surface area contributed by atoms with Gasteiger partial charge in [0, 0.05) is 35.0 Å². The molecule has 0 aliphatic heterocycles. The molecule has 0 saturated heterocycles. The Hall–Kier alpha value is -7.07. The minimum Gasteiger partial charge on any atom is -0.481 e. The molecule has 388 valence electrons. The van der Waals surface area contributed by atoms with Crippen LogP contribution in [0, 0.1) is 17.8 Å². The van der Waals surface area contributed by atoms with Gasteiger partial charge in [0.2, 0.25) is 47.3 Å². The van der Waals surface area contributed by atoms with Crippen LogP contribution < -0.4 is 48.3 Å². The summed E-state index contributed by atoms with van der Waals surface area (Å²) in [6, 6.07) is 6.52. The third-order valence-electron chi connectivity index (χ3n) is 11.0. The third kappa shape index (κ3) is 20.4. The summed E-state index contributed by atoms with van der Waals surface area (Å²) in [5.41, 5.74) is 8.23. The molecular weight excluding hydrogens is 944 g/mol. The van der Waals surface area contributed by atoms with Crippen molar-refractivity contribution in [1.82, 2.24) is 47.5 Å². The summed E-state index contributed by atoms with van der Waals surface area (Å²) in [6.45, 7) is 8.47. The van der Waals surface area contributed by atoms with Gasteiger partial charge in [-0.05, 0) is 72.8 Å². The molecule has 0 saturated carbocycles. The molecule has 13 N–H and O–H groups in total. The Labute approximate surface area is 416 Å². The van der Waals surface area contributed by atoms with Gasteiger partial charge in [-0.15, -0.1) is 0 Å². The number of hydrogen-bond acceptors (Lipinski definition) is 11. The topological polar surface area (TPSA) is 349 Å². The summed E-state index contributed by atoms with van der Waals surface area (Å²) in [6.07, 6.45) is 0.971. The van der Waals surface area contributed by atoms with Crippen molar-refractivity contribution in [3.8, 4) is 0 Å². The highest BCUT2D eigenvalue weighted by Gasteiger charge is 2.32. The van der Waals surface area contributed by atoms with Crippen molar-refractivity contribution < 1.29 is 58.2 Å². The van der Waals surface area contributed by atoms with Crippen molar-refractivity contribution in [3.63, 3.8) is 0 Å². The van der Waals surface area contributed by atoms with Crippen LogP contribution in [0.3, 0.4) is 0 Å². The largest absolute Gasteiger partial charge is 0.481 e. The van der Waals surface area contributed by atoms with Crippen molar-refractivity contribution in [1.29, 1.82) is 0 Å². The van der Waals surface area contributed by atoms with E-state index in [0.717, 1.165) is 16.5 Å². The number of carboxylic acid groups (broad SMARTS) is 2. The zero-order valence-electron chi connectivity index (χ0n) is 40.7. The molecule has 22 nitrogen and oxygen atoms in total. The molecule has 0 aliphatic carbocycles. The fourth-order valence-corrected chi connectivity index (χ4v) is 7.39. The number of hydrogen-bond donors (Lipinski definition) is 12. The summed E-state index contributed by atoms with van der Waals surface area (Å²) in [7, 11) is 0. The molecule has 0 bridgehead atoms. The molecule has 0 unspecified atom stereocenters. The number of aromatic nitrogens is 1. The summed E-state index contributed by atoms with van der Waals surface area (Å²) in [4.78, 5) is 133. The number of nitrogens with two attached hydrogens (primary N) is 1. The van der Waals surface area contributed by atoms with E-state index < -0.39 is 134 Å². The fraction of sp³-hybridized carbons (Fsp3) is 0.500. The summed E-state index contributed by atoms with van der Waals surface area (Å²) in [5.74, 6) is -9.65. The van der Waals surface area contributed by atoms with Gasteiger partial charge in [0.15, 0.2) is 0 Å². The molecule has 3 rings (SSSR count). The van der Waals surface area contributed by atoms with Gasteiger partial charge in [-0.3, -0.25) is 43.2 Å². The zero-order valence-corrected chi connectivity index (χ0v) is 41.4. The second-order valence-corrected chi connectivity index (χ2v) is 18.8. The monoisotopic (exact) mass is 1010 g/mol. The lowest BCUT2D eigenvalue weighted by atomic mass is 10.00. The number of rotatable bonds is 29. The van der Waals surface area contributed by atoms with Gasteiger partial charge in [0.25, 0.3) is 0 Å². The predicted molar refractivity (Wildman–Crippen MR) is 262 cm³/mol. The van der Waals surface area contributed by atoms with Crippen LogP contribution in [0.1, 0.15) is 78.4 Å². The second-order valence-electron chi connectivity index (χ2n) is 18.3. The van der Waals surface area contributed by atoms with Gasteiger partial charge in [-0.25, -0.2) is 4.79 Å². The van der Waals surface area contributed by atoms with Crippen molar-refractivity contribution >= 4 is 81.7 Å². The lowest BCUT2D eigenvalue weighted by Crippen LogP contribution is -2.58. The highest BCUT2D eigenvalue weighted by atomic mass is 35.5. The molecule has 2 aromatic carbocycles. The quantitative estimate of drug-likeness (QED) is 0.0449. The molecule has 0 spiro atoms. The van der Waals surface area contributed by atoms with E-state index >= 15 is 0 Å². The highest BCUT2D eigenvalue weighted by Crippen LogP contribution is 2.20. The molecule has 3 aromatic rings. The minimum atomic E-state index is -1.52. The summed E-state index contributed by atoms with van der Waals surface area (Å²) >= 11 is 5.94. The van der Waals surface area contributed by atoms with Crippen LogP contribution in [0.4, 0.5) is 0 Å². The Morgan fingerprint density at radius 1 is 0.592 bits per heavy atom. The predicted octanol–water partition coefficient (Wildman–Crippen LogP) is 0.404. The maximum atomic E-state index is 14.1. The fourth-order valence-electron chi connectivity index (χ4n) is 7.27. The van der Waals surface area contributed by atoms with Crippen molar-refractivity contribution in [2.75, 3.05) is 19.6 Å². The molecule has 8 amide bonds. The van der Waals surface area contributed by atoms with Gasteiger partial charge in [0.05, 0.1) is 25.7 Å². The van der Waals surface area contributed by atoms with Crippen LogP contribution in [0.15, 0.2) is 54.7 Å². The molecule has 1 aromatic heterocycles. The number of halogens is 1. The van der Waals surface area contributed by atoms with Crippen molar-refractivity contribution in [2.24, 2.45) is 23.5 Å². The second kappa shape index (κ2) is 28.6. The van der Waals surface area contributed by atoms with Crippen molar-refractivity contribution in [2.45, 2.75) is 116 Å². The number of amides is 8. The van der Waals surface area contributed by atoms with E-state index in [1.54, 1.807) is 76.4 Å². The van der Waals surface area contributed by atoms with Gasteiger partial charge in [-0.2, -0.15) is 0 Å². The SMILES string of the molecule is CC(C)C[C@H](NC(=O)[C@H](CCC(=O)O)NC(=O)CNC(=O)CNC(=O)[C@H](CC(C)C)NC(=O)[C@@H](N)Cc1ccc(Cl)cc1)C(=O)N[C@@H](Cc1c[nH]c2ccccc12)C(=O)NCC(=O)N[C@H](C(=O)O)C(C)C. The number of carbonyl (C=O) groups is 10. The lowest BCUT2D eigenvalue weighted by molar-refractivity contribution is -0.143. The number of fused-ring (bicyclic) bond motifs is 1. The van der Waals surface area contributed by atoms with Crippen LogP contribution in [0.5, 0.6) is 0 Å². The number of carboxylic acids is 2. The number of H-pyrrole nitrogens is 1. The number of para-hydroxylation sites is 1. The maximum Gasteiger partial charge on any atom is 0.326 e. The minimum absolute atomic E-state index is 0.0203. The first-order valence-electron chi connectivity index (χ1n) is 23.2. The Morgan fingerprint density at radius 2 is 1.11 bits per heavy atom. The first kappa shape index (κ1) is 58.2. The van der Waals surface area contributed by atoms with E-state index in [9.17, 15) is 58.2 Å². The van der Waals surface area contributed by atoms with Crippen molar-refractivity contribution in [3.05, 3.63) is 70.9 Å². The van der Waals surface area contributed by atoms with E-state index in [-0.39, 0.29) is 37.5 Å². The van der Waals surface area contributed by atoms with Gasteiger partial charge < -0.3 is 63.5 Å². The van der Waals surface area contributed by atoms with E-state index in [1.807, 2.05) is 19.9 Å². The third-order valence-corrected chi connectivity index (χ3v) is 11.2. The Kier molecular flexibility index (Phi) is 23.4. The van der Waals surface area contributed by atoms with Crippen LogP contribution in [0.2, 0.25) is 5.02 Å². The molecule has 71 heavy (non-hydrogen) atoms. The average molecular weight is 1010 g/mol. The van der Waals surface area contributed by atoms with Crippen LogP contribution >= 0.6 is 11.6 Å².